The number of rotatable bonds is 7. The normalized spacial score (nSPS) is 11.6. The van der Waals surface area contributed by atoms with Crippen molar-refractivity contribution in [3.8, 4) is 0 Å². The average Bonchev–Trinajstić information content (AvgIpc) is 2.60. The molecule has 126 valence electrons. The zero-order valence-electron chi connectivity index (χ0n) is 13.8. The summed E-state index contributed by atoms with van der Waals surface area (Å²) in [6.45, 7) is 3.66. The van der Waals surface area contributed by atoms with Crippen LogP contribution in [0.5, 0.6) is 0 Å². The summed E-state index contributed by atoms with van der Waals surface area (Å²) in [6, 6.07) is 14.4. The molecule has 0 saturated heterocycles. The summed E-state index contributed by atoms with van der Waals surface area (Å²) in [7, 11) is -3.31. The lowest BCUT2D eigenvalue weighted by molar-refractivity contribution is 0.104. The Labute approximate surface area is 143 Å². The van der Waals surface area contributed by atoms with Crippen LogP contribution < -0.4 is 4.72 Å². The molecule has 2 aromatic rings. The fraction of sp³-hybridized carbons (Fsp3) is 0.211. The Kier molecular flexibility index (Phi) is 5.93. The standard InChI is InChI=1S/C19H21NO3S/c1-3-15-5-7-16(8-6-15)9-14-19(21)17-10-12-18(13-11-17)20-24(22,23)4-2/h5-14,20H,3-4H2,1-2H3. The fourth-order valence-corrected chi connectivity index (χ4v) is 2.73. The van der Waals surface area contributed by atoms with Crippen molar-refractivity contribution >= 4 is 27.6 Å². The van der Waals surface area contributed by atoms with Gasteiger partial charge in [0.05, 0.1) is 5.75 Å². The van der Waals surface area contributed by atoms with E-state index in [0.29, 0.717) is 11.3 Å². The minimum Gasteiger partial charge on any atom is -0.289 e. The first-order valence-corrected chi connectivity index (χ1v) is 9.50. The lowest BCUT2D eigenvalue weighted by Crippen LogP contribution is -2.14. The maximum Gasteiger partial charge on any atom is 0.232 e. The number of carbonyl (C=O) groups excluding carboxylic acids is 1. The van der Waals surface area contributed by atoms with Gasteiger partial charge in [0.15, 0.2) is 5.78 Å². The number of ketones is 1. The average molecular weight is 343 g/mol. The van der Waals surface area contributed by atoms with E-state index >= 15 is 0 Å². The molecule has 0 amide bonds. The second-order valence-electron chi connectivity index (χ2n) is 5.38. The van der Waals surface area contributed by atoms with Crippen LogP contribution in [-0.4, -0.2) is 20.0 Å². The highest BCUT2D eigenvalue weighted by Crippen LogP contribution is 2.13. The van der Waals surface area contributed by atoms with Crippen LogP contribution in [0, 0.1) is 0 Å². The highest BCUT2D eigenvalue weighted by Gasteiger charge is 2.07. The van der Waals surface area contributed by atoms with Crippen molar-refractivity contribution < 1.29 is 13.2 Å². The molecular weight excluding hydrogens is 322 g/mol. The number of aryl methyl sites for hydroxylation is 1. The van der Waals surface area contributed by atoms with Crippen molar-refractivity contribution in [2.45, 2.75) is 20.3 Å². The zero-order chi connectivity index (χ0) is 17.6. The van der Waals surface area contributed by atoms with Crippen molar-refractivity contribution in [3.63, 3.8) is 0 Å². The van der Waals surface area contributed by atoms with Crippen molar-refractivity contribution in [2.75, 3.05) is 10.5 Å². The molecule has 0 aliphatic heterocycles. The smallest absolute Gasteiger partial charge is 0.232 e. The maximum absolute atomic E-state index is 12.2. The predicted molar refractivity (Wildman–Crippen MR) is 98.7 cm³/mol. The minimum absolute atomic E-state index is 0.00718. The molecule has 0 radical (unpaired) electrons. The second kappa shape index (κ2) is 7.93. The molecule has 0 fully saturated rings. The molecule has 4 nitrogen and oxygen atoms in total. The van der Waals surface area contributed by atoms with Gasteiger partial charge in [-0.3, -0.25) is 9.52 Å². The Morgan fingerprint density at radius 2 is 1.62 bits per heavy atom. The number of hydrogen-bond donors (Lipinski definition) is 1. The quantitative estimate of drug-likeness (QED) is 0.612. The molecule has 2 aromatic carbocycles. The van der Waals surface area contributed by atoms with Crippen molar-refractivity contribution in [1.82, 2.24) is 0 Å². The van der Waals surface area contributed by atoms with Gasteiger partial charge in [0.2, 0.25) is 10.0 Å². The summed E-state index contributed by atoms with van der Waals surface area (Å²) in [4.78, 5) is 12.2. The van der Waals surface area contributed by atoms with E-state index in [9.17, 15) is 13.2 Å². The van der Waals surface area contributed by atoms with Gasteiger partial charge in [0, 0.05) is 11.3 Å². The summed E-state index contributed by atoms with van der Waals surface area (Å²) >= 11 is 0. The highest BCUT2D eigenvalue weighted by molar-refractivity contribution is 7.92. The van der Waals surface area contributed by atoms with Gasteiger partial charge in [-0.15, -0.1) is 0 Å². The summed E-state index contributed by atoms with van der Waals surface area (Å²) in [5.74, 6) is -0.118. The predicted octanol–water partition coefficient (Wildman–Crippen LogP) is 3.91. The Balaban J connectivity index is 2.05. The van der Waals surface area contributed by atoms with Crippen LogP contribution in [0.3, 0.4) is 0 Å². The topological polar surface area (TPSA) is 63.2 Å². The summed E-state index contributed by atoms with van der Waals surface area (Å²) in [5, 5.41) is 0. The molecule has 0 aromatic heterocycles. The Morgan fingerprint density at radius 1 is 1.00 bits per heavy atom. The van der Waals surface area contributed by atoms with Gasteiger partial charge in [-0.05, 0) is 54.8 Å². The van der Waals surface area contributed by atoms with E-state index in [1.54, 1.807) is 37.3 Å². The van der Waals surface area contributed by atoms with Crippen LogP contribution in [0.1, 0.15) is 35.3 Å². The Morgan fingerprint density at radius 3 is 2.17 bits per heavy atom. The molecule has 0 spiro atoms. The molecule has 0 bridgehead atoms. The van der Waals surface area contributed by atoms with E-state index in [-0.39, 0.29) is 11.5 Å². The van der Waals surface area contributed by atoms with E-state index < -0.39 is 10.0 Å². The van der Waals surface area contributed by atoms with E-state index in [1.807, 2.05) is 24.3 Å². The van der Waals surface area contributed by atoms with E-state index in [4.69, 9.17) is 0 Å². The van der Waals surface area contributed by atoms with Crippen LogP contribution in [0.4, 0.5) is 5.69 Å². The van der Waals surface area contributed by atoms with Gasteiger partial charge >= 0.3 is 0 Å². The van der Waals surface area contributed by atoms with Crippen molar-refractivity contribution in [2.24, 2.45) is 0 Å². The Hall–Kier alpha value is -2.40. The van der Waals surface area contributed by atoms with Gasteiger partial charge in [0.1, 0.15) is 0 Å². The van der Waals surface area contributed by atoms with Gasteiger partial charge in [-0.1, -0.05) is 37.3 Å². The van der Waals surface area contributed by atoms with E-state index in [0.717, 1.165) is 12.0 Å². The molecule has 2 rings (SSSR count). The third-order valence-corrected chi connectivity index (χ3v) is 4.94. The number of nitrogens with one attached hydrogen (secondary N) is 1. The molecule has 1 N–H and O–H groups in total. The number of anilines is 1. The first-order chi connectivity index (χ1) is 11.4. The van der Waals surface area contributed by atoms with Crippen LogP contribution in [0.2, 0.25) is 0 Å². The van der Waals surface area contributed by atoms with Crippen LogP contribution in [0.25, 0.3) is 6.08 Å². The van der Waals surface area contributed by atoms with E-state index in [2.05, 4.69) is 11.6 Å². The van der Waals surface area contributed by atoms with Crippen molar-refractivity contribution in [1.29, 1.82) is 0 Å². The lowest BCUT2D eigenvalue weighted by atomic mass is 10.1. The van der Waals surface area contributed by atoms with Gasteiger partial charge in [0.25, 0.3) is 0 Å². The molecule has 0 aliphatic carbocycles. The molecule has 24 heavy (non-hydrogen) atoms. The van der Waals surface area contributed by atoms with Gasteiger partial charge < -0.3 is 0 Å². The second-order valence-corrected chi connectivity index (χ2v) is 7.39. The number of benzene rings is 2. The van der Waals surface area contributed by atoms with Crippen LogP contribution in [-0.2, 0) is 16.4 Å². The van der Waals surface area contributed by atoms with Crippen LogP contribution >= 0.6 is 0 Å². The summed E-state index contributed by atoms with van der Waals surface area (Å²) in [6.07, 6.45) is 4.28. The minimum atomic E-state index is -3.31. The first kappa shape index (κ1) is 17.9. The highest BCUT2D eigenvalue weighted by atomic mass is 32.2. The van der Waals surface area contributed by atoms with Gasteiger partial charge in [-0.2, -0.15) is 0 Å². The monoisotopic (exact) mass is 343 g/mol. The van der Waals surface area contributed by atoms with Crippen LogP contribution in [0.15, 0.2) is 54.6 Å². The third-order valence-electron chi connectivity index (χ3n) is 3.64. The fourth-order valence-electron chi connectivity index (χ4n) is 2.09. The van der Waals surface area contributed by atoms with E-state index in [1.165, 1.54) is 11.6 Å². The summed E-state index contributed by atoms with van der Waals surface area (Å²) < 4.78 is 25.5. The molecule has 0 unspecified atom stereocenters. The largest absolute Gasteiger partial charge is 0.289 e. The molecular formula is C19H21NO3S. The molecule has 0 heterocycles. The summed E-state index contributed by atoms with van der Waals surface area (Å²) in [5.41, 5.74) is 3.18. The number of carbonyl (C=O) groups is 1. The number of hydrogen-bond acceptors (Lipinski definition) is 3. The lowest BCUT2D eigenvalue weighted by Gasteiger charge is -2.06. The Bertz CT molecular complexity index is 820. The molecule has 0 atom stereocenters. The molecule has 0 saturated carbocycles. The van der Waals surface area contributed by atoms with Gasteiger partial charge in [-0.25, -0.2) is 8.42 Å². The SMILES string of the molecule is CCc1ccc(C=CC(=O)c2ccc(NS(=O)(=O)CC)cc2)cc1. The first-order valence-electron chi connectivity index (χ1n) is 7.85. The maximum atomic E-state index is 12.2. The number of sulfonamides is 1. The molecule has 0 aliphatic rings. The number of allylic oxidation sites excluding steroid dienone is 1. The third kappa shape index (κ3) is 5.06. The zero-order valence-corrected chi connectivity index (χ0v) is 14.6. The van der Waals surface area contributed by atoms with Crippen molar-refractivity contribution in [3.05, 3.63) is 71.3 Å². The molecule has 5 heteroatoms.